The molecule has 0 spiro atoms. The molecular formula is C12H16IN3O2. The third-order valence-corrected chi connectivity index (χ3v) is 3.73. The second-order valence-corrected chi connectivity index (χ2v) is 5.16. The molecule has 2 heterocycles. The number of carbonyl (C=O) groups is 1. The molecule has 1 amide bonds. The first-order valence-electron chi connectivity index (χ1n) is 5.98. The van der Waals surface area contributed by atoms with E-state index in [4.69, 9.17) is 4.74 Å². The van der Waals surface area contributed by atoms with Gasteiger partial charge in [0.15, 0.2) is 0 Å². The largest absolute Gasteiger partial charge is 0.450 e. The Morgan fingerprint density at radius 1 is 1.44 bits per heavy atom. The minimum atomic E-state index is -0.207. The van der Waals surface area contributed by atoms with Gasteiger partial charge in [0.1, 0.15) is 0 Å². The Labute approximate surface area is 120 Å². The summed E-state index contributed by atoms with van der Waals surface area (Å²) < 4.78 is 6.14. The van der Waals surface area contributed by atoms with Crippen molar-refractivity contribution < 1.29 is 9.53 Å². The number of nitrogens with zero attached hydrogens (tertiary/aromatic N) is 3. The summed E-state index contributed by atoms with van der Waals surface area (Å²) in [5.74, 6) is 0. The molecule has 1 saturated heterocycles. The third kappa shape index (κ3) is 3.04. The van der Waals surface area contributed by atoms with Gasteiger partial charge in [0.05, 0.1) is 15.9 Å². The molecule has 0 saturated carbocycles. The molecule has 0 atom stereocenters. The summed E-state index contributed by atoms with van der Waals surface area (Å²) in [6.07, 6.45) is 3.45. The maximum Gasteiger partial charge on any atom is 0.409 e. The Bertz CT molecular complexity index is 420. The Kier molecular flexibility index (Phi) is 4.62. The molecule has 0 radical (unpaired) electrons. The molecule has 0 unspecified atom stereocenters. The van der Waals surface area contributed by atoms with E-state index in [1.165, 1.54) is 5.69 Å². The second-order valence-electron chi connectivity index (χ2n) is 4.00. The van der Waals surface area contributed by atoms with Gasteiger partial charge >= 0.3 is 6.09 Å². The highest BCUT2D eigenvalue weighted by atomic mass is 127. The molecule has 2 rings (SSSR count). The number of carbonyl (C=O) groups excluding carboxylic acids is 1. The Balaban J connectivity index is 1.95. The highest BCUT2D eigenvalue weighted by Crippen LogP contribution is 2.22. The standard InChI is InChI=1S/C12H16IN3O2/c1-2-18-12(17)16-7-5-15(6-8-16)11-3-4-14-9-10(11)13/h3-4,9H,2,5-8H2,1H3. The van der Waals surface area contributed by atoms with E-state index >= 15 is 0 Å². The number of pyridine rings is 1. The topological polar surface area (TPSA) is 45.7 Å². The number of hydrogen-bond acceptors (Lipinski definition) is 4. The van der Waals surface area contributed by atoms with Gasteiger partial charge < -0.3 is 14.5 Å². The fourth-order valence-corrected chi connectivity index (χ4v) is 2.65. The molecule has 0 N–H and O–H groups in total. The summed E-state index contributed by atoms with van der Waals surface area (Å²) >= 11 is 2.29. The first-order valence-corrected chi connectivity index (χ1v) is 7.06. The highest BCUT2D eigenvalue weighted by molar-refractivity contribution is 14.1. The molecular weight excluding hydrogens is 345 g/mol. The summed E-state index contributed by atoms with van der Waals surface area (Å²) in [5.41, 5.74) is 1.19. The van der Waals surface area contributed by atoms with Gasteiger partial charge in [-0.1, -0.05) is 0 Å². The van der Waals surface area contributed by atoms with Crippen LogP contribution >= 0.6 is 22.6 Å². The van der Waals surface area contributed by atoms with Gasteiger partial charge in [-0.05, 0) is 35.6 Å². The van der Waals surface area contributed by atoms with Gasteiger partial charge in [0, 0.05) is 38.6 Å². The summed E-state index contributed by atoms with van der Waals surface area (Å²) in [5, 5.41) is 0. The number of piperazine rings is 1. The maximum absolute atomic E-state index is 11.6. The van der Waals surface area contributed by atoms with E-state index < -0.39 is 0 Å². The number of aromatic nitrogens is 1. The van der Waals surface area contributed by atoms with E-state index in [9.17, 15) is 4.79 Å². The second kappa shape index (κ2) is 6.21. The predicted octanol–water partition coefficient (Wildman–Crippen LogP) is 1.96. The van der Waals surface area contributed by atoms with Crippen LogP contribution in [0.25, 0.3) is 0 Å². The van der Waals surface area contributed by atoms with Crippen LogP contribution in [0.15, 0.2) is 18.5 Å². The minimum absolute atomic E-state index is 0.207. The molecule has 0 bridgehead atoms. The zero-order valence-electron chi connectivity index (χ0n) is 10.3. The molecule has 1 fully saturated rings. The van der Waals surface area contributed by atoms with E-state index in [0.717, 1.165) is 16.7 Å². The van der Waals surface area contributed by atoms with Crippen LogP contribution in [0.4, 0.5) is 10.5 Å². The molecule has 18 heavy (non-hydrogen) atoms. The van der Waals surface area contributed by atoms with E-state index in [1.807, 2.05) is 19.2 Å². The van der Waals surface area contributed by atoms with Crippen molar-refractivity contribution in [3.8, 4) is 0 Å². The maximum atomic E-state index is 11.6. The van der Waals surface area contributed by atoms with Gasteiger partial charge in [-0.25, -0.2) is 4.79 Å². The molecule has 0 aromatic carbocycles. The van der Waals surface area contributed by atoms with Gasteiger partial charge in [0.25, 0.3) is 0 Å². The smallest absolute Gasteiger partial charge is 0.409 e. The molecule has 1 aromatic heterocycles. The first-order chi connectivity index (χ1) is 8.72. The zero-order chi connectivity index (χ0) is 13.0. The molecule has 5 nitrogen and oxygen atoms in total. The number of hydrogen-bond donors (Lipinski definition) is 0. The van der Waals surface area contributed by atoms with Crippen molar-refractivity contribution in [2.75, 3.05) is 37.7 Å². The number of rotatable bonds is 2. The van der Waals surface area contributed by atoms with E-state index in [1.54, 1.807) is 11.1 Å². The van der Waals surface area contributed by atoms with Crippen LogP contribution in [0.5, 0.6) is 0 Å². The van der Waals surface area contributed by atoms with Crippen molar-refractivity contribution in [2.24, 2.45) is 0 Å². The highest BCUT2D eigenvalue weighted by Gasteiger charge is 2.22. The van der Waals surface area contributed by atoms with E-state index in [-0.39, 0.29) is 6.09 Å². The minimum Gasteiger partial charge on any atom is -0.450 e. The van der Waals surface area contributed by atoms with Crippen LogP contribution in [-0.4, -0.2) is 48.8 Å². The van der Waals surface area contributed by atoms with Crippen molar-refractivity contribution in [3.63, 3.8) is 0 Å². The van der Waals surface area contributed by atoms with Crippen LogP contribution in [0.3, 0.4) is 0 Å². The fourth-order valence-electron chi connectivity index (χ4n) is 1.97. The van der Waals surface area contributed by atoms with Crippen LogP contribution in [0, 0.1) is 3.57 Å². The van der Waals surface area contributed by atoms with Crippen molar-refractivity contribution in [1.29, 1.82) is 0 Å². The summed E-state index contributed by atoms with van der Waals surface area (Å²) in [7, 11) is 0. The predicted molar refractivity (Wildman–Crippen MR) is 77.8 cm³/mol. The third-order valence-electron chi connectivity index (χ3n) is 2.90. The monoisotopic (exact) mass is 361 g/mol. The normalized spacial score (nSPS) is 15.7. The molecule has 1 aliphatic rings. The fraction of sp³-hybridized carbons (Fsp3) is 0.500. The number of amides is 1. The summed E-state index contributed by atoms with van der Waals surface area (Å²) in [6, 6.07) is 2.02. The van der Waals surface area contributed by atoms with Crippen molar-refractivity contribution in [2.45, 2.75) is 6.92 Å². The summed E-state index contributed by atoms with van der Waals surface area (Å²) in [6.45, 7) is 5.33. The van der Waals surface area contributed by atoms with Crippen LogP contribution < -0.4 is 4.90 Å². The molecule has 1 aliphatic heterocycles. The van der Waals surface area contributed by atoms with E-state index in [2.05, 4.69) is 32.5 Å². The Morgan fingerprint density at radius 3 is 2.78 bits per heavy atom. The summed E-state index contributed by atoms with van der Waals surface area (Å²) in [4.78, 5) is 19.7. The molecule has 6 heteroatoms. The van der Waals surface area contributed by atoms with Crippen molar-refractivity contribution in [3.05, 3.63) is 22.0 Å². The average molecular weight is 361 g/mol. The van der Waals surface area contributed by atoms with Crippen molar-refractivity contribution in [1.82, 2.24) is 9.88 Å². The SMILES string of the molecule is CCOC(=O)N1CCN(c2ccncc2I)CC1. The first kappa shape index (κ1) is 13.4. The van der Waals surface area contributed by atoms with Gasteiger partial charge in [-0.15, -0.1) is 0 Å². The molecule has 0 aliphatic carbocycles. The average Bonchev–Trinajstić information content (AvgIpc) is 2.40. The lowest BCUT2D eigenvalue weighted by Gasteiger charge is -2.35. The van der Waals surface area contributed by atoms with Crippen LogP contribution in [0.1, 0.15) is 6.92 Å². The Hall–Kier alpha value is -1.05. The molecule has 98 valence electrons. The van der Waals surface area contributed by atoms with Crippen LogP contribution in [0.2, 0.25) is 0 Å². The van der Waals surface area contributed by atoms with Gasteiger partial charge in [-0.3, -0.25) is 4.98 Å². The van der Waals surface area contributed by atoms with E-state index in [0.29, 0.717) is 19.7 Å². The number of halogens is 1. The van der Waals surface area contributed by atoms with Crippen LogP contribution in [-0.2, 0) is 4.74 Å². The van der Waals surface area contributed by atoms with Crippen molar-refractivity contribution >= 4 is 34.4 Å². The van der Waals surface area contributed by atoms with Gasteiger partial charge in [0.2, 0.25) is 0 Å². The van der Waals surface area contributed by atoms with Gasteiger partial charge in [-0.2, -0.15) is 0 Å². The lowest BCUT2D eigenvalue weighted by Crippen LogP contribution is -2.49. The molecule has 1 aromatic rings. The number of anilines is 1. The zero-order valence-corrected chi connectivity index (χ0v) is 12.5. The lowest BCUT2D eigenvalue weighted by molar-refractivity contribution is 0.105. The Morgan fingerprint density at radius 2 is 2.17 bits per heavy atom. The number of ether oxygens (including phenoxy) is 1. The quantitative estimate of drug-likeness (QED) is 0.756. The lowest BCUT2D eigenvalue weighted by atomic mass is 10.3.